The van der Waals surface area contributed by atoms with Gasteiger partial charge in [0.2, 0.25) is 0 Å². The number of hydroxylamine groups is 2. The third-order valence-corrected chi connectivity index (χ3v) is 6.21. The summed E-state index contributed by atoms with van der Waals surface area (Å²) in [5, 5.41) is 9.68. The Morgan fingerprint density at radius 2 is 2.03 bits per heavy atom. The molecule has 0 radical (unpaired) electrons. The number of carbonyl (C=O) groups is 1. The highest BCUT2D eigenvalue weighted by atomic mass is 79.9. The molecule has 1 saturated heterocycles. The van der Waals surface area contributed by atoms with Gasteiger partial charge in [0.15, 0.2) is 5.65 Å². The number of rotatable bonds is 6. The van der Waals surface area contributed by atoms with E-state index in [1.165, 1.54) is 0 Å². The van der Waals surface area contributed by atoms with Crippen LogP contribution in [0, 0.1) is 0 Å². The summed E-state index contributed by atoms with van der Waals surface area (Å²) in [6, 6.07) is 14.8. The molecule has 4 aromatic rings. The van der Waals surface area contributed by atoms with Crippen molar-refractivity contribution in [1.29, 1.82) is 0 Å². The van der Waals surface area contributed by atoms with E-state index in [-0.39, 0.29) is 12.0 Å². The average Bonchev–Trinajstić information content (AvgIpc) is 3.24. The number of hydrogen-bond acceptors (Lipinski definition) is 7. The lowest BCUT2D eigenvalue weighted by atomic mass is 10.0. The van der Waals surface area contributed by atoms with Crippen molar-refractivity contribution in [2.24, 2.45) is 0 Å². The normalized spacial score (nSPS) is 16.6. The summed E-state index contributed by atoms with van der Waals surface area (Å²) in [4.78, 5) is 27.6. The fourth-order valence-electron chi connectivity index (χ4n) is 3.99. The maximum absolute atomic E-state index is 12.7. The Balaban J connectivity index is 1.44. The second kappa shape index (κ2) is 9.68. The van der Waals surface area contributed by atoms with E-state index < -0.39 is 0 Å². The number of anilines is 1. The zero-order valence-electron chi connectivity index (χ0n) is 17.9. The van der Waals surface area contributed by atoms with Crippen molar-refractivity contribution in [3.8, 4) is 0 Å². The van der Waals surface area contributed by atoms with Crippen LogP contribution in [0.15, 0.2) is 71.6 Å². The molecule has 1 N–H and O–H groups in total. The highest BCUT2D eigenvalue weighted by Gasteiger charge is 2.30. The zero-order valence-corrected chi connectivity index (χ0v) is 19.5. The standard InChI is InChI=1S/C24H23BrN6O2/c25-19-16-28-31-22(27-15-17-7-6-11-26-14-17)13-20(29-23(19)31)21-10-4-5-12-30(21)33-24(32)18-8-2-1-3-9-18/h1-3,6-9,11,13-14,16,21,27H,4-5,10,12,15H2. The van der Waals surface area contributed by atoms with Gasteiger partial charge in [-0.05, 0) is 59.0 Å². The van der Waals surface area contributed by atoms with Crippen LogP contribution in [-0.4, -0.2) is 37.2 Å². The monoisotopic (exact) mass is 506 g/mol. The minimum Gasteiger partial charge on any atom is -0.366 e. The Kier molecular flexibility index (Phi) is 6.32. The van der Waals surface area contributed by atoms with Crippen molar-refractivity contribution >= 4 is 33.4 Å². The quantitative estimate of drug-likeness (QED) is 0.402. The maximum Gasteiger partial charge on any atom is 0.357 e. The largest absolute Gasteiger partial charge is 0.366 e. The Morgan fingerprint density at radius 1 is 1.15 bits per heavy atom. The number of benzene rings is 1. The Hall–Kier alpha value is -3.30. The molecule has 1 aliphatic heterocycles. The number of fused-ring (bicyclic) bond motifs is 1. The van der Waals surface area contributed by atoms with Crippen LogP contribution in [0.4, 0.5) is 5.82 Å². The predicted octanol–water partition coefficient (Wildman–Crippen LogP) is 4.80. The number of carbonyl (C=O) groups excluding carboxylic acids is 1. The number of halogens is 1. The summed E-state index contributed by atoms with van der Waals surface area (Å²) in [6.07, 6.45) is 8.16. The number of nitrogens with zero attached hydrogens (tertiary/aromatic N) is 5. The van der Waals surface area contributed by atoms with Gasteiger partial charge < -0.3 is 10.2 Å². The van der Waals surface area contributed by atoms with Gasteiger partial charge in [0.05, 0.1) is 28.0 Å². The third kappa shape index (κ3) is 4.74. The van der Waals surface area contributed by atoms with E-state index in [0.717, 1.165) is 40.8 Å². The summed E-state index contributed by atoms with van der Waals surface area (Å²) >= 11 is 3.56. The number of pyridine rings is 1. The van der Waals surface area contributed by atoms with Gasteiger partial charge in [-0.3, -0.25) is 4.98 Å². The molecule has 1 unspecified atom stereocenters. The molecule has 0 saturated carbocycles. The minimum atomic E-state index is -0.357. The molecular formula is C24H23BrN6O2. The number of piperidine rings is 1. The molecule has 1 aromatic carbocycles. The van der Waals surface area contributed by atoms with Crippen LogP contribution >= 0.6 is 15.9 Å². The first-order chi connectivity index (χ1) is 16.2. The molecule has 0 amide bonds. The van der Waals surface area contributed by atoms with Crippen LogP contribution in [0.2, 0.25) is 0 Å². The number of hydrogen-bond donors (Lipinski definition) is 1. The first-order valence-corrected chi connectivity index (χ1v) is 11.7. The molecule has 4 heterocycles. The van der Waals surface area contributed by atoms with Gasteiger partial charge in [-0.25, -0.2) is 9.78 Å². The van der Waals surface area contributed by atoms with Crippen LogP contribution in [0.25, 0.3) is 5.65 Å². The summed E-state index contributed by atoms with van der Waals surface area (Å²) in [5.41, 5.74) is 3.13. The molecular weight excluding hydrogens is 484 g/mol. The highest BCUT2D eigenvalue weighted by molar-refractivity contribution is 9.10. The molecule has 5 rings (SSSR count). The average molecular weight is 507 g/mol. The maximum atomic E-state index is 12.7. The van der Waals surface area contributed by atoms with Crippen molar-refractivity contribution in [3.05, 3.63) is 88.4 Å². The zero-order chi connectivity index (χ0) is 22.6. The van der Waals surface area contributed by atoms with Crippen molar-refractivity contribution < 1.29 is 9.63 Å². The summed E-state index contributed by atoms with van der Waals surface area (Å²) in [5.74, 6) is 0.452. The van der Waals surface area contributed by atoms with Gasteiger partial charge in [0, 0.05) is 31.5 Å². The molecule has 1 aliphatic rings. The van der Waals surface area contributed by atoms with Gasteiger partial charge >= 0.3 is 5.97 Å². The summed E-state index contributed by atoms with van der Waals surface area (Å²) in [7, 11) is 0. The molecule has 1 fully saturated rings. The third-order valence-electron chi connectivity index (χ3n) is 5.65. The van der Waals surface area contributed by atoms with Crippen LogP contribution in [-0.2, 0) is 11.4 Å². The Labute approximate surface area is 199 Å². The lowest BCUT2D eigenvalue weighted by Crippen LogP contribution is -2.36. The van der Waals surface area contributed by atoms with Crippen molar-refractivity contribution in [2.45, 2.75) is 31.8 Å². The van der Waals surface area contributed by atoms with Crippen LogP contribution < -0.4 is 5.32 Å². The summed E-state index contributed by atoms with van der Waals surface area (Å²) < 4.78 is 2.57. The van der Waals surface area contributed by atoms with E-state index >= 15 is 0 Å². The van der Waals surface area contributed by atoms with E-state index in [1.54, 1.807) is 34.1 Å². The molecule has 1 atom stereocenters. The van der Waals surface area contributed by atoms with E-state index in [4.69, 9.17) is 9.82 Å². The van der Waals surface area contributed by atoms with Gasteiger partial charge in [0.25, 0.3) is 0 Å². The second-order valence-corrected chi connectivity index (χ2v) is 8.76. The van der Waals surface area contributed by atoms with Gasteiger partial charge in [-0.2, -0.15) is 9.61 Å². The molecule has 168 valence electrons. The first-order valence-electron chi connectivity index (χ1n) is 10.9. The van der Waals surface area contributed by atoms with Crippen LogP contribution in [0.5, 0.6) is 0 Å². The highest BCUT2D eigenvalue weighted by Crippen LogP contribution is 2.33. The molecule has 33 heavy (non-hydrogen) atoms. The lowest BCUT2D eigenvalue weighted by molar-refractivity contribution is -0.153. The van der Waals surface area contributed by atoms with E-state index in [1.807, 2.05) is 42.6 Å². The molecule has 8 nitrogen and oxygen atoms in total. The van der Waals surface area contributed by atoms with E-state index in [2.05, 4.69) is 31.3 Å². The van der Waals surface area contributed by atoms with Crippen molar-refractivity contribution in [2.75, 3.05) is 11.9 Å². The SMILES string of the molecule is O=C(ON1CCCCC1c1cc(NCc2cccnc2)n2ncc(Br)c2n1)c1ccccc1. The van der Waals surface area contributed by atoms with E-state index in [9.17, 15) is 4.79 Å². The second-order valence-electron chi connectivity index (χ2n) is 7.91. The molecule has 3 aromatic heterocycles. The first kappa shape index (κ1) is 21.5. The van der Waals surface area contributed by atoms with Crippen molar-refractivity contribution in [1.82, 2.24) is 24.6 Å². The molecule has 0 bridgehead atoms. The minimum absolute atomic E-state index is 0.142. The fourth-order valence-corrected chi connectivity index (χ4v) is 4.34. The van der Waals surface area contributed by atoms with Crippen molar-refractivity contribution in [3.63, 3.8) is 0 Å². The smallest absolute Gasteiger partial charge is 0.357 e. The van der Waals surface area contributed by atoms with Gasteiger partial charge in [0.1, 0.15) is 5.82 Å². The number of nitrogens with one attached hydrogen (secondary N) is 1. The Morgan fingerprint density at radius 3 is 2.85 bits per heavy atom. The van der Waals surface area contributed by atoms with Crippen LogP contribution in [0.1, 0.15) is 46.9 Å². The van der Waals surface area contributed by atoms with E-state index in [0.29, 0.717) is 24.3 Å². The topological polar surface area (TPSA) is 84.7 Å². The predicted molar refractivity (Wildman–Crippen MR) is 127 cm³/mol. The lowest BCUT2D eigenvalue weighted by Gasteiger charge is -2.33. The Bertz CT molecular complexity index is 1250. The molecule has 0 aliphatic carbocycles. The molecule has 0 spiro atoms. The number of aromatic nitrogens is 4. The van der Waals surface area contributed by atoms with Crippen LogP contribution in [0.3, 0.4) is 0 Å². The fraction of sp³-hybridized carbons (Fsp3) is 0.250. The molecule has 9 heteroatoms. The van der Waals surface area contributed by atoms with Gasteiger partial charge in [-0.1, -0.05) is 24.3 Å². The summed E-state index contributed by atoms with van der Waals surface area (Å²) in [6.45, 7) is 1.26. The van der Waals surface area contributed by atoms with Gasteiger partial charge in [-0.15, -0.1) is 5.06 Å².